The third kappa shape index (κ3) is 7.06. The Hall–Kier alpha value is -0.0400. The molecule has 0 heterocycles. The van der Waals surface area contributed by atoms with E-state index >= 15 is 0 Å². The predicted molar refractivity (Wildman–Crippen MR) is 56.7 cm³/mol. The number of aliphatic hydroxyl groups excluding tert-OH is 1. The van der Waals surface area contributed by atoms with Gasteiger partial charge in [-0.05, 0) is 12.3 Å². The van der Waals surface area contributed by atoms with Crippen molar-refractivity contribution in [2.24, 2.45) is 5.92 Å². The molecule has 1 heteroatoms. The van der Waals surface area contributed by atoms with E-state index in [-0.39, 0.29) is 0 Å². The van der Waals surface area contributed by atoms with E-state index in [9.17, 15) is 0 Å². The molecule has 0 spiro atoms. The molecule has 0 unspecified atom stereocenters. The SMILES string of the molecule is OCCCCCCCCCC1CC1. The summed E-state index contributed by atoms with van der Waals surface area (Å²) in [5.74, 6) is 1.12. The van der Waals surface area contributed by atoms with Crippen molar-refractivity contribution in [2.75, 3.05) is 6.61 Å². The molecule has 1 aliphatic rings. The van der Waals surface area contributed by atoms with Crippen LogP contribution in [0.25, 0.3) is 0 Å². The molecule has 0 radical (unpaired) electrons. The van der Waals surface area contributed by atoms with Crippen LogP contribution in [0.3, 0.4) is 0 Å². The van der Waals surface area contributed by atoms with E-state index in [1.165, 1.54) is 57.8 Å². The maximum atomic E-state index is 8.58. The lowest BCUT2D eigenvalue weighted by atomic mass is 10.1. The molecule has 1 fully saturated rings. The lowest BCUT2D eigenvalue weighted by Gasteiger charge is -2.00. The third-order valence-corrected chi connectivity index (χ3v) is 2.97. The van der Waals surface area contributed by atoms with E-state index in [0.717, 1.165) is 12.3 Å². The summed E-state index contributed by atoms with van der Waals surface area (Å²) in [7, 11) is 0. The van der Waals surface area contributed by atoms with Crippen molar-refractivity contribution in [1.29, 1.82) is 0 Å². The molecule has 78 valence electrons. The van der Waals surface area contributed by atoms with Crippen LogP contribution in [-0.2, 0) is 0 Å². The van der Waals surface area contributed by atoms with Gasteiger partial charge in [-0.25, -0.2) is 0 Å². The Morgan fingerprint density at radius 3 is 1.85 bits per heavy atom. The van der Waals surface area contributed by atoms with Crippen LogP contribution < -0.4 is 0 Å². The van der Waals surface area contributed by atoms with Crippen LogP contribution in [0.1, 0.15) is 64.2 Å². The Bertz CT molecular complexity index is 108. The summed E-state index contributed by atoms with van der Waals surface area (Å²) >= 11 is 0. The first kappa shape index (κ1) is 11.0. The Morgan fingerprint density at radius 1 is 0.769 bits per heavy atom. The average Bonchev–Trinajstić information content (AvgIpc) is 2.93. The summed E-state index contributed by atoms with van der Waals surface area (Å²) in [5, 5.41) is 8.58. The fraction of sp³-hybridized carbons (Fsp3) is 1.00. The summed E-state index contributed by atoms with van der Waals surface area (Å²) in [5.41, 5.74) is 0. The molecule has 1 rings (SSSR count). The lowest BCUT2D eigenvalue weighted by molar-refractivity contribution is 0.282. The van der Waals surface area contributed by atoms with Gasteiger partial charge in [0.05, 0.1) is 0 Å². The van der Waals surface area contributed by atoms with Gasteiger partial charge in [0.15, 0.2) is 0 Å². The van der Waals surface area contributed by atoms with E-state index < -0.39 is 0 Å². The highest BCUT2D eigenvalue weighted by molar-refractivity contribution is 4.72. The van der Waals surface area contributed by atoms with Gasteiger partial charge in [0.2, 0.25) is 0 Å². The highest BCUT2D eigenvalue weighted by Crippen LogP contribution is 2.34. The molecular weight excluding hydrogens is 160 g/mol. The quantitative estimate of drug-likeness (QED) is 0.544. The summed E-state index contributed by atoms with van der Waals surface area (Å²) < 4.78 is 0. The van der Waals surface area contributed by atoms with Crippen LogP contribution >= 0.6 is 0 Å². The van der Waals surface area contributed by atoms with Crippen molar-refractivity contribution in [3.05, 3.63) is 0 Å². The minimum absolute atomic E-state index is 0.377. The Labute approximate surface area is 82.5 Å². The topological polar surface area (TPSA) is 20.2 Å². The molecule has 1 nitrogen and oxygen atoms in total. The molecule has 0 amide bonds. The first-order chi connectivity index (χ1) is 6.43. The van der Waals surface area contributed by atoms with Gasteiger partial charge in [-0.1, -0.05) is 57.8 Å². The van der Waals surface area contributed by atoms with Crippen molar-refractivity contribution in [2.45, 2.75) is 64.2 Å². The molecule has 0 atom stereocenters. The molecular formula is C12H24O. The number of aliphatic hydroxyl groups is 1. The van der Waals surface area contributed by atoms with Gasteiger partial charge in [0.1, 0.15) is 0 Å². The van der Waals surface area contributed by atoms with Crippen LogP contribution in [0, 0.1) is 5.92 Å². The Kier molecular flexibility index (Phi) is 6.26. The zero-order valence-electron chi connectivity index (χ0n) is 8.80. The van der Waals surface area contributed by atoms with E-state index in [2.05, 4.69) is 0 Å². The summed E-state index contributed by atoms with van der Waals surface area (Å²) in [6, 6.07) is 0. The monoisotopic (exact) mass is 184 g/mol. The van der Waals surface area contributed by atoms with Gasteiger partial charge in [-0.2, -0.15) is 0 Å². The van der Waals surface area contributed by atoms with Crippen LogP contribution in [0.5, 0.6) is 0 Å². The Balaban J connectivity index is 1.63. The predicted octanol–water partition coefficient (Wildman–Crippen LogP) is 3.51. The summed E-state index contributed by atoms with van der Waals surface area (Å²) in [6.45, 7) is 0.377. The normalized spacial score (nSPS) is 16.4. The third-order valence-electron chi connectivity index (χ3n) is 2.97. The van der Waals surface area contributed by atoms with E-state index in [0.29, 0.717) is 6.61 Å². The van der Waals surface area contributed by atoms with E-state index in [1.54, 1.807) is 0 Å². The number of hydrogen-bond donors (Lipinski definition) is 1. The molecule has 0 aromatic heterocycles. The van der Waals surface area contributed by atoms with Crippen molar-refractivity contribution in [3.8, 4) is 0 Å². The largest absolute Gasteiger partial charge is 0.396 e. The minimum Gasteiger partial charge on any atom is -0.396 e. The standard InChI is InChI=1S/C12H24O/c13-11-7-5-3-1-2-4-6-8-12-9-10-12/h12-13H,1-11H2. The average molecular weight is 184 g/mol. The van der Waals surface area contributed by atoms with Gasteiger partial charge >= 0.3 is 0 Å². The van der Waals surface area contributed by atoms with Crippen molar-refractivity contribution in [1.82, 2.24) is 0 Å². The molecule has 13 heavy (non-hydrogen) atoms. The molecule has 0 saturated heterocycles. The zero-order chi connectivity index (χ0) is 9.36. The van der Waals surface area contributed by atoms with Gasteiger partial charge in [0.25, 0.3) is 0 Å². The van der Waals surface area contributed by atoms with Crippen LogP contribution in [0.4, 0.5) is 0 Å². The second-order valence-electron chi connectivity index (χ2n) is 4.43. The molecule has 0 aromatic carbocycles. The second kappa shape index (κ2) is 7.37. The van der Waals surface area contributed by atoms with E-state index in [1.807, 2.05) is 0 Å². The number of hydrogen-bond acceptors (Lipinski definition) is 1. The number of unbranched alkanes of at least 4 members (excludes halogenated alkanes) is 6. The van der Waals surface area contributed by atoms with Gasteiger partial charge in [0, 0.05) is 6.61 Å². The summed E-state index contributed by atoms with van der Waals surface area (Å²) in [4.78, 5) is 0. The molecule has 1 aliphatic carbocycles. The molecule has 0 aliphatic heterocycles. The van der Waals surface area contributed by atoms with Crippen LogP contribution in [0.2, 0.25) is 0 Å². The lowest BCUT2D eigenvalue weighted by Crippen LogP contribution is -1.84. The first-order valence-corrected chi connectivity index (χ1v) is 6.04. The zero-order valence-corrected chi connectivity index (χ0v) is 8.80. The highest BCUT2D eigenvalue weighted by atomic mass is 16.2. The number of rotatable bonds is 9. The molecule has 0 aromatic rings. The summed E-state index contributed by atoms with van der Waals surface area (Å²) in [6.07, 6.45) is 13.8. The van der Waals surface area contributed by atoms with Crippen molar-refractivity contribution in [3.63, 3.8) is 0 Å². The highest BCUT2D eigenvalue weighted by Gasteiger charge is 2.19. The van der Waals surface area contributed by atoms with Crippen molar-refractivity contribution >= 4 is 0 Å². The minimum atomic E-state index is 0.377. The van der Waals surface area contributed by atoms with Crippen LogP contribution in [-0.4, -0.2) is 11.7 Å². The molecule has 0 bridgehead atoms. The Morgan fingerprint density at radius 2 is 1.31 bits per heavy atom. The van der Waals surface area contributed by atoms with Crippen LogP contribution in [0.15, 0.2) is 0 Å². The van der Waals surface area contributed by atoms with Gasteiger partial charge in [-0.15, -0.1) is 0 Å². The maximum absolute atomic E-state index is 8.58. The maximum Gasteiger partial charge on any atom is 0.0431 e. The van der Waals surface area contributed by atoms with Gasteiger partial charge in [-0.3, -0.25) is 0 Å². The molecule has 1 saturated carbocycles. The van der Waals surface area contributed by atoms with Crippen molar-refractivity contribution < 1.29 is 5.11 Å². The fourth-order valence-corrected chi connectivity index (χ4v) is 1.84. The van der Waals surface area contributed by atoms with Gasteiger partial charge < -0.3 is 5.11 Å². The fourth-order valence-electron chi connectivity index (χ4n) is 1.84. The first-order valence-electron chi connectivity index (χ1n) is 6.04. The molecule has 1 N–H and O–H groups in total. The smallest absolute Gasteiger partial charge is 0.0431 e. The van der Waals surface area contributed by atoms with E-state index in [4.69, 9.17) is 5.11 Å². The second-order valence-corrected chi connectivity index (χ2v) is 4.43.